The highest BCUT2D eigenvalue weighted by molar-refractivity contribution is 6.11. The van der Waals surface area contributed by atoms with Gasteiger partial charge in [-0.1, -0.05) is 0 Å². The monoisotopic (exact) mass is 620 g/mol. The van der Waals surface area contributed by atoms with E-state index in [1.54, 1.807) is 13.8 Å². The number of ether oxygens (including phenoxy) is 5. The van der Waals surface area contributed by atoms with Gasteiger partial charge < -0.3 is 39.0 Å². The Bertz CT molecular complexity index is 1850. The van der Waals surface area contributed by atoms with Gasteiger partial charge in [0.1, 0.15) is 52.8 Å². The Balaban J connectivity index is 1.69. The van der Waals surface area contributed by atoms with E-state index in [0.717, 1.165) is 14.0 Å². The van der Waals surface area contributed by atoms with Crippen LogP contribution in [-0.2, 0) is 44.3 Å². The van der Waals surface area contributed by atoms with E-state index in [1.807, 2.05) is 0 Å². The molecule has 2 bridgehead atoms. The van der Waals surface area contributed by atoms with Crippen molar-refractivity contribution >= 4 is 35.2 Å². The van der Waals surface area contributed by atoms with Crippen molar-refractivity contribution in [3.63, 3.8) is 0 Å². The molecule has 234 valence electrons. The summed E-state index contributed by atoms with van der Waals surface area (Å²) in [5.74, 6) is -8.22. The van der Waals surface area contributed by atoms with Crippen LogP contribution in [0.5, 0.6) is 11.5 Å². The Morgan fingerprint density at radius 1 is 0.933 bits per heavy atom. The maximum absolute atomic E-state index is 14.8. The van der Waals surface area contributed by atoms with Crippen LogP contribution >= 0.6 is 0 Å². The van der Waals surface area contributed by atoms with Gasteiger partial charge in [0.2, 0.25) is 0 Å². The average molecular weight is 621 g/mol. The maximum Gasteiger partial charge on any atom is 0.343 e. The average Bonchev–Trinajstić information content (AvgIpc) is 3.14. The summed E-state index contributed by atoms with van der Waals surface area (Å²) in [5.41, 5.74) is -3.23. The lowest BCUT2D eigenvalue weighted by Gasteiger charge is -2.49. The minimum atomic E-state index is -1.89. The third kappa shape index (κ3) is 3.18. The number of cyclic esters (lactones) is 2. The summed E-state index contributed by atoms with van der Waals surface area (Å²) in [6, 6.07) is 2.57. The van der Waals surface area contributed by atoms with Gasteiger partial charge in [-0.3, -0.25) is 14.4 Å². The Kier molecular flexibility index (Phi) is 5.81. The first kappa shape index (κ1) is 28.8. The lowest BCUT2D eigenvalue weighted by atomic mass is 9.59. The van der Waals surface area contributed by atoms with E-state index in [4.69, 9.17) is 23.7 Å². The highest BCUT2D eigenvalue weighted by Gasteiger charge is 2.80. The molecular formula is C32H28O13. The number of Topliss-reactive ketones (excluding diaryl/α,β-unsaturated/α-hetero) is 1. The van der Waals surface area contributed by atoms with E-state index in [0.29, 0.717) is 11.1 Å². The molecule has 0 aromatic heterocycles. The minimum Gasteiger partial charge on any atom is -0.511 e. The Labute approximate surface area is 255 Å². The van der Waals surface area contributed by atoms with Crippen LogP contribution in [0.3, 0.4) is 0 Å². The molecule has 3 aliphatic carbocycles. The van der Waals surface area contributed by atoms with Gasteiger partial charge in [0, 0.05) is 30.7 Å². The Hall–Kier alpha value is -4.91. The number of aryl methyl sites for hydroxylation is 2. The van der Waals surface area contributed by atoms with Gasteiger partial charge in [0.25, 0.3) is 0 Å². The molecule has 2 aromatic carbocycles. The number of methoxy groups -OCH3 is 2. The highest BCUT2D eigenvalue weighted by Crippen LogP contribution is 2.72. The normalized spacial score (nSPS) is 30.1. The van der Waals surface area contributed by atoms with Crippen molar-refractivity contribution in [1.29, 1.82) is 0 Å². The predicted octanol–water partition coefficient (Wildman–Crippen LogP) is 2.42. The van der Waals surface area contributed by atoms with Crippen LogP contribution in [0.15, 0.2) is 17.9 Å². The minimum absolute atomic E-state index is 0.0169. The summed E-state index contributed by atoms with van der Waals surface area (Å²) >= 11 is 0. The van der Waals surface area contributed by atoms with Crippen LogP contribution in [0.1, 0.15) is 72.2 Å². The number of fused-ring (bicyclic) bond motifs is 4. The molecule has 0 radical (unpaired) electrons. The zero-order valence-electron chi connectivity index (χ0n) is 24.8. The smallest absolute Gasteiger partial charge is 0.343 e. The number of hydrogen-bond donors (Lipinski definition) is 3. The summed E-state index contributed by atoms with van der Waals surface area (Å²) in [6.45, 7) is 3.85. The van der Waals surface area contributed by atoms with E-state index in [-0.39, 0.29) is 39.0 Å². The third-order valence-corrected chi connectivity index (χ3v) is 10.1. The molecule has 2 heterocycles. The Morgan fingerprint density at radius 2 is 1.60 bits per heavy atom. The maximum atomic E-state index is 14.8. The summed E-state index contributed by atoms with van der Waals surface area (Å²) < 4.78 is 28.4. The molecule has 1 unspecified atom stereocenters. The summed E-state index contributed by atoms with van der Waals surface area (Å²) in [6.07, 6.45) is -3.32. The molecule has 2 aliphatic heterocycles. The molecule has 13 heteroatoms. The van der Waals surface area contributed by atoms with Crippen LogP contribution in [-0.4, -0.2) is 78.0 Å². The molecule has 0 amide bonds. The van der Waals surface area contributed by atoms with Gasteiger partial charge >= 0.3 is 23.9 Å². The van der Waals surface area contributed by atoms with Crippen molar-refractivity contribution in [2.45, 2.75) is 50.4 Å². The predicted molar refractivity (Wildman–Crippen MR) is 149 cm³/mol. The number of esters is 4. The van der Waals surface area contributed by atoms with E-state index >= 15 is 0 Å². The van der Waals surface area contributed by atoms with Crippen molar-refractivity contribution in [3.8, 4) is 11.5 Å². The number of benzene rings is 2. The second kappa shape index (κ2) is 9.07. The van der Waals surface area contributed by atoms with Crippen molar-refractivity contribution < 1.29 is 63.0 Å². The van der Waals surface area contributed by atoms with Crippen molar-refractivity contribution in [1.82, 2.24) is 0 Å². The number of rotatable bonds is 4. The highest BCUT2D eigenvalue weighted by atomic mass is 16.6. The second-order valence-corrected chi connectivity index (χ2v) is 12.1. The van der Waals surface area contributed by atoms with E-state index in [1.165, 1.54) is 19.2 Å². The number of phenolic OH excluding ortho intramolecular Hbond substituents is 2. The number of hydrogen-bond acceptors (Lipinski definition) is 13. The SMILES string of the molecule is COC(=O)C[C@H]1OC(=O)c2c(O)cc(C)c3c2C1=C(O)C1[C@]24COC(=O)c5c(O)cc(C)c(c52)C(=O)[C@@H]([C@@H]4OC(C)=O)[C@]31OC. The fraction of sp³-hybridized carbons (Fsp3) is 0.406. The van der Waals surface area contributed by atoms with Crippen molar-refractivity contribution in [2.75, 3.05) is 20.8 Å². The lowest BCUT2D eigenvalue weighted by Crippen LogP contribution is -2.56. The molecule has 13 nitrogen and oxygen atoms in total. The third-order valence-electron chi connectivity index (χ3n) is 10.1. The van der Waals surface area contributed by atoms with E-state index in [9.17, 15) is 39.3 Å². The second-order valence-electron chi connectivity index (χ2n) is 12.1. The number of aliphatic hydroxyl groups is 1. The van der Waals surface area contributed by atoms with Crippen molar-refractivity contribution in [3.05, 3.63) is 62.4 Å². The quantitative estimate of drug-likeness (QED) is 0.334. The molecule has 1 fully saturated rings. The molecule has 45 heavy (non-hydrogen) atoms. The fourth-order valence-corrected chi connectivity index (χ4v) is 8.77. The first-order chi connectivity index (χ1) is 21.3. The molecule has 2 aromatic rings. The Morgan fingerprint density at radius 3 is 2.24 bits per heavy atom. The van der Waals surface area contributed by atoms with E-state index < -0.39 is 95.0 Å². The zero-order valence-corrected chi connectivity index (χ0v) is 24.8. The number of aliphatic hydroxyl groups excluding tert-OH is 1. The van der Waals surface area contributed by atoms with Crippen molar-refractivity contribution in [2.24, 2.45) is 11.8 Å². The van der Waals surface area contributed by atoms with Gasteiger partial charge in [-0.05, 0) is 48.2 Å². The topological polar surface area (TPSA) is 192 Å². The van der Waals surface area contributed by atoms with Crippen LogP contribution < -0.4 is 0 Å². The summed E-state index contributed by atoms with van der Waals surface area (Å²) in [4.78, 5) is 66.7. The van der Waals surface area contributed by atoms with Crippen LogP contribution in [0.4, 0.5) is 0 Å². The fourth-order valence-electron chi connectivity index (χ4n) is 8.77. The molecule has 1 spiro atoms. The summed E-state index contributed by atoms with van der Waals surface area (Å²) in [5, 5.41) is 34.6. The van der Waals surface area contributed by atoms with Crippen LogP contribution in [0, 0.1) is 25.7 Å². The molecule has 1 saturated carbocycles. The van der Waals surface area contributed by atoms with Gasteiger partial charge in [0.15, 0.2) is 5.78 Å². The first-order valence-corrected chi connectivity index (χ1v) is 14.2. The van der Waals surface area contributed by atoms with Gasteiger partial charge in [-0.15, -0.1) is 0 Å². The van der Waals surface area contributed by atoms with E-state index in [2.05, 4.69) is 0 Å². The number of aromatic hydroxyl groups is 2. The molecule has 0 saturated heterocycles. The molecule has 3 N–H and O–H groups in total. The number of phenols is 2. The number of carbonyl (C=O) groups is 5. The van der Waals surface area contributed by atoms with Gasteiger partial charge in [-0.25, -0.2) is 9.59 Å². The lowest BCUT2D eigenvalue weighted by molar-refractivity contribution is -0.154. The van der Waals surface area contributed by atoms with Gasteiger partial charge in [0.05, 0.1) is 30.8 Å². The standard InChI is InChI=1S/C32H28O13/c1-10-6-14(35)19-23-17(10)25(37)24-28(44-12(3)33)31(23,9-43-29(19)39)27-26(38)20-15(8-16(36)41-4)45-30(40)18-13(34)7-11(2)22(21(18)20)32(24,27)42-5/h6-7,15,24,27-28,34-35,38H,8-9H2,1-5H3/t15-,24+,27?,28+,31+,32-/m1/s1. The van der Waals surface area contributed by atoms with Crippen LogP contribution in [0.2, 0.25) is 0 Å². The molecule has 7 rings (SSSR count). The zero-order chi connectivity index (χ0) is 32.5. The molecular weight excluding hydrogens is 592 g/mol. The number of carbonyl (C=O) groups excluding carboxylic acids is 5. The summed E-state index contributed by atoms with van der Waals surface area (Å²) in [7, 11) is 2.45. The molecule has 6 atom stereocenters. The van der Waals surface area contributed by atoms with Crippen LogP contribution in [0.25, 0.3) is 5.57 Å². The van der Waals surface area contributed by atoms with Gasteiger partial charge in [-0.2, -0.15) is 0 Å². The molecule has 5 aliphatic rings. The largest absolute Gasteiger partial charge is 0.511 e. The number of ketones is 1. The first-order valence-electron chi connectivity index (χ1n) is 14.2.